The highest BCUT2D eigenvalue weighted by molar-refractivity contribution is 7.45. The van der Waals surface area contributed by atoms with Gasteiger partial charge in [-0.15, -0.1) is 0 Å². The van der Waals surface area contributed by atoms with Crippen molar-refractivity contribution in [2.75, 3.05) is 74.3 Å². The summed E-state index contributed by atoms with van der Waals surface area (Å²) in [5.41, 5.74) is 3.25. The molecular weight excluding hydrogens is 1290 g/mol. The van der Waals surface area contributed by atoms with E-state index in [1.165, 1.54) is 0 Å². The van der Waals surface area contributed by atoms with E-state index in [4.69, 9.17) is 37.8 Å². The zero-order valence-electron chi connectivity index (χ0n) is 58.8. The SMILES string of the molecule is CCC(CC(C)C(=O)Oc1ccc(C(=O)c2ccccc2)cc1)C(=O)O.CCC(CC(C)C(=O)Oc1ccc(C(=O)c2ccccc2)cc1)C(=O)OCCOP(=O)([O-])OCC[NH+](C)C.CCCC[N+](C)(C)CCOC(=O)C(CC)CC(C)C(=O)Oc1ccc(C(=O)c2ccccc2)cc1. The minimum Gasteiger partial charge on any atom is -0.756 e. The van der Waals surface area contributed by atoms with Gasteiger partial charge in [-0.3, -0.25) is 47.7 Å². The molecule has 0 aliphatic rings. The third-order valence-electron chi connectivity index (χ3n) is 16.2. The van der Waals surface area contributed by atoms with Crippen LogP contribution in [0.3, 0.4) is 0 Å². The van der Waals surface area contributed by atoms with Crippen molar-refractivity contribution in [1.29, 1.82) is 0 Å². The number of quaternary nitrogens is 2. The number of phosphoric acid groups is 1. The number of aliphatic carboxylic acids is 1. The Kier molecular flexibility index (Phi) is 35.8. The average Bonchev–Trinajstić information content (AvgIpc) is 0.874. The van der Waals surface area contributed by atoms with Gasteiger partial charge in [0, 0.05) is 33.4 Å². The van der Waals surface area contributed by atoms with E-state index in [2.05, 4.69) is 21.0 Å². The quantitative estimate of drug-likeness (QED) is 0.00909. The summed E-state index contributed by atoms with van der Waals surface area (Å²) in [6, 6.07) is 45.9. The monoisotopic (exact) mass is 1390 g/mol. The topological polar surface area (TPSA) is 283 Å². The Balaban J connectivity index is 0.000000321. The van der Waals surface area contributed by atoms with Crippen LogP contribution in [-0.4, -0.2) is 137 Å². The van der Waals surface area contributed by atoms with Gasteiger partial charge in [0.25, 0.3) is 7.82 Å². The number of carbonyl (C=O) groups excluding carboxylic acids is 8. The zero-order chi connectivity index (χ0) is 73.1. The molecule has 0 heterocycles. The van der Waals surface area contributed by atoms with Crippen LogP contribution in [0.25, 0.3) is 0 Å². The zero-order valence-corrected chi connectivity index (χ0v) is 59.7. The van der Waals surface area contributed by atoms with E-state index in [0.717, 1.165) is 35.3 Å². The van der Waals surface area contributed by atoms with Crippen LogP contribution in [0.4, 0.5) is 0 Å². The van der Waals surface area contributed by atoms with Crippen molar-refractivity contribution in [2.24, 2.45) is 35.5 Å². The molecule has 21 nitrogen and oxygen atoms in total. The Morgan fingerprint density at radius 2 is 0.747 bits per heavy atom. The molecule has 7 atom stereocenters. The first-order valence-corrected chi connectivity index (χ1v) is 35.1. The van der Waals surface area contributed by atoms with Gasteiger partial charge in [0.1, 0.15) is 50.2 Å². The third-order valence-corrected chi connectivity index (χ3v) is 17.2. The number of carbonyl (C=O) groups is 9. The standard InChI is InChI=1S/C29H40NO5.C27H36NO9P.C21H22O5/c1-6-8-18-30(4,5)19-20-34-29(33)23(7-2)21-22(3)28(32)35-26-16-14-25(15-17-26)27(31)24-12-10-9-11-13-24;1-5-21(27(31)34-17-18-36-38(32,33)35-16-15-28(3)4)19-20(2)26(30)37-24-13-11-23(12-14-24)25(29)22-9-7-6-8-10-22;1-3-15(20(23)24)13-14(2)21(25)26-18-11-9-17(10-12-18)19(22)16-7-5-4-6-8-16/h9-17,22-23H,6-8,18-21H2,1-5H3;6-14,20-21H,5,15-19H2,1-4H3,(H,32,33);4-12,14-15H,3,13H2,1-2H3,(H,23,24)/q+1;;. The average molecular weight is 1390 g/mol. The summed E-state index contributed by atoms with van der Waals surface area (Å²) in [6.07, 6.45) is 4.55. The third kappa shape index (κ3) is 30.1. The maximum absolute atomic E-state index is 12.6. The minimum absolute atomic E-state index is 0.00918. The Bertz CT molecular complexity index is 3550. The number of phosphoric ester groups is 1. The van der Waals surface area contributed by atoms with Gasteiger partial charge in [-0.05, 0) is 118 Å². The minimum atomic E-state index is -4.47. The van der Waals surface area contributed by atoms with Crippen LogP contribution in [-0.2, 0) is 51.9 Å². The highest BCUT2D eigenvalue weighted by atomic mass is 31.2. The van der Waals surface area contributed by atoms with Gasteiger partial charge in [0.2, 0.25) is 0 Å². The molecule has 0 radical (unpaired) electrons. The van der Waals surface area contributed by atoms with Gasteiger partial charge in [0.05, 0.1) is 76.8 Å². The number of ketones is 3. The van der Waals surface area contributed by atoms with Crippen LogP contribution in [0.1, 0.15) is 148 Å². The van der Waals surface area contributed by atoms with Crippen molar-refractivity contribution < 1.29 is 99.8 Å². The van der Waals surface area contributed by atoms with Gasteiger partial charge in [-0.1, -0.05) is 146 Å². The van der Waals surface area contributed by atoms with Gasteiger partial charge in [-0.25, -0.2) is 0 Å². The lowest BCUT2D eigenvalue weighted by molar-refractivity contribution is -0.890. The van der Waals surface area contributed by atoms with Crippen LogP contribution in [0.15, 0.2) is 164 Å². The first-order chi connectivity index (χ1) is 47.1. The molecule has 0 aromatic heterocycles. The van der Waals surface area contributed by atoms with Crippen molar-refractivity contribution >= 4 is 61.0 Å². The smallest absolute Gasteiger partial charge is 0.314 e. The number of esters is 5. The van der Waals surface area contributed by atoms with Crippen LogP contribution in [0.2, 0.25) is 0 Å². The van der Waals surface area contributed by atoms with Crippen molar-refractivity contribution in [1.82, 2.24) is 0 Å². The molecule has 0 saturated carbocycles. The largest absolute Gasteiger partial charge is 0.756 e. The van der Waals surface area contributed by atoms with Gasteiger partial charge >= 0.3 is 35.8 Å². The molecule has 0 fully saturated rings. The van der Waals surface area contributed by atoms with Crippen LogP contribution < -0.4 is 24.0 Å². The Hall–Kier alpha value is -8.82. The number of benzene rings is 6. The van der Waals surface area contributed by atoms with Crippen LogP contribution in [0, 0.1) is 35.5 Å². The lowest BCUT2D eigenvalue weighted by Gasteiger charge is -2.29. The van der Waals surface area contributed by atoms with Gasteiger partial charge < -0.3 is 52.1 Å². The number of carboxylic acids is 1. The summed E-state index contributed by atoms with van der Waals surface area (Å²) in [5, 5.41) is 9.09. The predicted molar refractivity (Wildman–Crippen MR) is 372 cm³/mol. The van der Waals surface area contributed by atoms with Crippen LogP contribution in [0.5, 0.6) is 17.2 Å². The van der Waals surface area contributed by atoms with Crippen LogP contribution >= 0.6 is 7.82 Å². The number of hydrogen-bond acceptors (Lipinski definition) is 18. The summed E-state index contributed by atoms with van der Waals surface area (Å²) in [4.78, 5) is 124. The highest BCUT2D eigenvalue weighted by Gasteiger charge is 2.29. The van der Waals surface area contributed by atoms with E-state index >= 15 is 0 Å². The number of likely N-dealkylation sites (N-methyl/N-ethyl adjacent to an activating group) is 2. The molecule has 6 aromatic carbocycles. The van der Waals surface area contributed by atoms with E-state index < -0.39 is 67.3 Å². The van der Waals surface area contributed by atoms with Crippen molar-refractivity contribution in [3.8, 4) is 17.2 Å². The summed E-state index contributed by atoms with van der Waals surface area (Å²) in [6.45, 7) is 14.8. The molecule has 0 amide bonds. The fourth-order valence-electron chi connectivity index (χ4n) is 9.83. The summed E-state index contributed by atoms with van der Waals surface area (Å²) in [7, 11) is 3.53. The molecule has 534 valence electrons. The molecule has 6 rings (SSSR count). The Morgan fingerprint density at radius 1 is 0.434 bits per heavy atom. The Labute approximate surface area is 582 Å². The fraction of sp³-hybridized carbons (Fsp3) is 0.416. The normalized spacial score (nSPS) is 13.5. The molecular formula is C77H98N2O19P+. The second-order valence-electron chi connectivity index (χ2n) is 25.1. The number of rotatable bonds is 38. The number of nitrogens with one attached hydrogen (secondary N) is 1. The van der Waals surface area contributed by atoms with E-state index in [0.29, 0.717) is 83.7 Å². The summed E-state index contributed by atoms with van der Waals surface area (Å²) >= 11 is 0. The number of nitrogens with zero attached hydrogens (tertiary/aromatic N) is 1. The lowest BCUT2D eigenvalue weighted by Crippen LogP contribution is -3.06. The van der Waals surface area contributed by atoms with E-state index in [1.807, 2.05) is 51.4 Å². The molecule has 22 heteroatoms. The number of unbranched alkanes of at least 4 members (excludes halogenated alkanes) is 1. The van der Waals surface area contributed by atoms with Gasteiger partial charge in [-0.2, -0.15) is 0 Å². The summed E-state index contributed by atoms with van der Waals surface area (Å²) < 4.78 is 48.9. The second-order valence-corrected chi connectivity index (χ2v) is 26.5. The molecule has 0 aliphatic heterocycles. The molecule has 0 bridgehead atoms. The predicted octanol–water partition coefficient (Wildman–Crippen LogP) is 11.3. The maximum atomic E-state index is 12.6. The molecule has 2 N–H and O–H groups in total. The molecule has 0 saturated heterocycles. The summed E-state index contributed by atoms with van der Waals surface area (Å²) in [5.74, 6) is -5.58. The fourth-order valence-corrected chi connectivity index (χ4v) is 10.5. The van der Waals surface area contributed by atoms with E-state index in [-0.39, 0.29) is 67.6 Å². The van der Waals surface area contributed by atoms with E-state index in [1.54, 1.807) is 168 Å². The highest BCUT2D eigenvalue weighted by Crippen LogP contribution is 2.37. The molecule has 99 heavy (non-hydrogen) atoms. The van der Waals surface area contributed by atoms with Crippen molar-refractivity contribution in [2.45, 2.75) is 99.8 Å². The van der Waals surface area contributed by atoms with Crippen molar-refractivity contribution in [3.05, 3.63) is 197 Å². The Morgan fingerprint density at radius 3 is 1.06 bits per heavy atom. The van der Waals surface area contributed by atoms with Crippen molar-refractivity contribution in [3.63, 3.8) is 0 Å². The maximum Gasteiger partial charge on any atom is 0.314 e. The number of ether oxygens (including phenoxy) is 5. The second kappa shape index (κ2) is 42.9. The number of carboxylic acid groups (broad SMARTS) is 1. The molecule has 0 spiro atoms. The molecule has 0 aliphatic carbocycles. The lowest BCUT2D eigenvalue weighted by atomic mass is 9.94. The number of hydrogen-bond donors (Lipinski definition) is 2. The first-order valence-electron chi connectivity index (χ1n) is 33.6. The first kappa shape index (κ1) is 82.6. The van der Waals surface area contributed by atoms with Gasteiger partial charge in [0.15, 0.2) is 17.3 Å². The molecule has 6 aromatic rings. The van der Waals surface area contributed by atoms with E-state index in [9.17, 15) is 52.6 Å². The molecule has 7 unspecified atom stereocenters.